The molecule has 26 heavy (non-hydrogen) atoms. The van der Waals surface area contributed by atoms with Gasteiger partial charge in [-0.15, -0.1) is 4.40 Å². The highest BCUT2D eigenvalue weighted by Crippen LogP contribution is 2.22. The number of nitrogens with zero attached hydrogens (tertiary/aromatic N) is 2. The summed E-state index contributed by atoms with van der Waals surface area (Å²) < 4.78 is 26.8. The van der Waals surface area contributed by atoms with Gasteiger partial charge in [-0.05, 0) is 36.2 Å². The molecule has 0 spiro atoms. The molecule has 1 aromatic carbocycles. The Morgan fingerprint density at radius 2 is 2.15 bits per heavy atom. The van der Waals surface area contributed by atoms with Crippen LogP contribution in [0.15, 0.2) is 52.6 Å². The lowest BCUT2D eigenvalue weighted by Gasteiger charge is -2.28. The molecule has 0 aromatic heterocycles. The van der Waals surface area contributed by atoms with Gasteiger partial charge in [0.1, 0.15) is 5.84 Å². The third kappa shape index (κ3) is 3.42. The number of benzene rings is 1. The van der Waals surface area contributed by atoms with Crippen molar-refractivity contribution in [3.05, 3.63) is 59.3 Å². The second-order valence-corrected chi connectivity index (χ2v) is 8.27. The van der Waals surface area contributed by atoms with Gasteiger partial charge in [0.25, 0.3) is 15.9 Å². The second-order valence-electron chi connectivity index (χ2n) is 6.51. The van der Waals surface area contributed by atoms with Crippen LogP contribution in [0.3, 0.4) is 0 Å². The summed E-state index contributed by atoms with van der Waals surface area (Å²) in [5.74, 6) is 0.132. The molecule has 0 fully saturated rings. The first-order valence-electron chi connectivity index (χ1n) is 8.60. The minimum Gasteiger partial charge on any atom is -0.350 e. The highest BCUT2D eigenvalue weighted by atomic mass is 32.2. The van der Waals surface area contributed by atoms with Crippen molar-refractivity contribution in [1.82, 2.24) is 15.5 Å². The van der Waals surface area contributed by atoms with Crippen LogP contribution >= 0.6 is 0 Å². The lowest BCUT2D eigenvalue weighted by atomic mass is 9.94. The van der Waals surface area contributed by atoms with Gasteiger partial charge < -0.3 is 15.5 Å². The molecule has 2 N–H and O–H groups in total. The van der Waals surface area contributed by atoms with Crippen molar-refractivity contribution < 1.29 is 13.2 Å². The summed E-state index contributed by atoms with van der Waals surface area (Å²) in [6.07, 6.45) is 5.83. The van der Waals surface area contributed by atoms with Crippen LogP contribution in [0.2, 0.25) is 0 Å². The van der Waals surface area contributed by atoms with Crippen molar-refractivity contribution in [3.63, 3.8) is 0 Å². The van der Waals surface area contributed by atoms with Gasteiger partial charge in [0.2, 0.25) is 0 Å². The molecule has 4 rings (SSSR count). The van der Waals surface area contributed by atoms with Crippen LogP contribution in [-0.4, -0.2) is 50.4 Å². The Bertz CT molecular complexity index is 934. The predicted octanol–water partition coefficient (Wildman–Crippen LogP) is 0.487. The van der Waals surface area contributed by atoms with E-state index in [-0.39, 0.29) is 17.7 Å². The maximum Gasteiger partial charge on any atom is 0.256 e. The van der Waals surface area contributed by atoms with E-state index in [0.717, 1.165) is 13.0 Å². The molecule has 0 saturated heterocycles. The average Bonchev–Trinajstić information content (AvgIpc) is 2.65. The van der Waals surface area contributed by atoms with Crippen molar-refractivity contribution in [3.8, 4) is 0 Å². The molecule has 0 radical (unpaired) electrons. The zero-order valence-corrected chi connectivity index (χ0v) is 15.0. The Morgan fingerprint density at radius 3 is 3.04 bits per heavy atom. The third-order valence-corrected chi connectivity index (χ3v) is 5.93. The molecule has 1 atom stereocenters. The van der Waals surface area contributed by atoms with E-state index in [1.807, 2.05) is 12.1 Å². The van der Waals surface area contributed by atoms with E-state index in [0.29, 0.717) is 24.5 Å². The lowest BCUT2D eigenvalue weighted by molar-refractivity contribution is -0.117. The van der Waals surface area contributed by atoms with Crippen LogP contribution in [0.25, 0.3) is 0 Å². The van der Waals surface area contributed by atoms with E-state index in [9.17, 15) is 13.2 Å². The van der Waals surface area contributed by atoms with Crippen LogP contribution in [0, 0.1) is 0 Å². The normalized spacial score (nSPS) is 23.4. The zero-order valence-electron chi connectivity index (χ0n) is 14.2. The number of hydrogen-bond donors (Lipinski definition) is 2. The molecule has 1 aromatic rings. The van der Waals surface area contributed by atoms with Gasteiger partial charge in [0.15, 0.2) is 0 Å². The summed E-state index contributed by atoms with van der Waals surface area (Å²) in [4.78, 5) is 14.2. The Kier molecular flexibility index (Phi) is 4.37. The number of carbonyl (C=O) groups is 1. The van der Waals surface area contributed by atoms with E-state index in [1.165, 1.54) is 11.1 Å². The predicted molar refractivity (Wildman–Crippen MR) is 99.1 cm³/mol. The van der Waals surface area contributed by atoms with Crippen molar-refractivity contribution in [2.24, 2.45) is 4.40 Å². The topological polar surface area (TPSA) is 90.9 Å². The van der Waals surface area contributed by atoms with Crippen molar-refractivity contribution >= 4 is 21.8 Å². The Labute approximate surface area is 152 Å². The summed E-state index contributed by atoms with van der Waals surface area (Å²) >= 11 is 0. The van der Waals surface area contributed by atoms with Crippen LogP contribution in [0.1, 0.15) is 17.2 Å². The highest BCUT2D eigenvalue weighted by Gasteiger charge is 2.25. The number of amidine groups is 1. The smallest absolute Gasteiger partial charge is 0.256 e. The maximum atomic E-state index is 12.5. The molecule has 8 heteroatoms. The summed E-state index contributed by atoms with van der Waals surface area (Å²) in [7, 11) is -3.39. The fraction of sp³-hybridized carbons (Fsp3) is 0.333. The standard InChI is InChI=1S/C18H20N4O3S/c23-18(14-5-6-17-21-26(24,25)10-9-22(17)12-14)20-11-16-15-4-2-1-3-13(15)7-8-19-16/h1-6,12,16,19H,7-11H2,(H,20,23). The maximum absolute atomic E-state index is 12.5. The minimum absolute atomic E-state index is 0.0431. The van der Waals surface area contributed by atoms with Crippen molar-refractivity contribution in [2.75, 3.05) is 25.4 Å². The van der Waals surface area contributed by atoms with Gasteiger partial charge in [0, 0.05) is 25.3 Å². The monoisotopic (exact) mass is 372 g/mol. The van der Waals surface area contributed by atoms with Crippen molar-refractivity contribution in [1.29, 1.82) is 0 Å². The van der Waals surface area contributed by atoms with Gasteiger partial charge in [0.05, 0.1) is 11.3 Å². The first kappa shape index (κ1) is 17.0. The number of carbonyl (C=O) groups excluding carboxylic acids is 1. The van der Waals surface area contributed by atoms with Crippen LogP contribution in [0.5, 0.6) is 0 Å². The molecule has 1 amide bonds. The largest absolute Gasteiger partial charge is 0.350 e. The highest BCUT2D eigenvalue weighted by molar-refractivity contribution is 7.90. The molecule has 3 heterocycles. The Balaban J connectivity index is 1.43. The quantitative estimate of drug-likeness (QED) is 0.806. The summed E-state index contributed by atoms with van der Waals surface area (Å²) in [6.45, 7) is 1.69. The summed E-state index contributed by atoms with van der Waals surface area (Å²) in [6, 6.07) is 8.36. The molecule has 1 unspecified atom stereocenters. The molecule has 3 aliphatic heterocycles. The second kappa shape index (κ2) is 6.69. The molecule has 3 aliphatic rings. The zero-order chi connectivity index (χ0) is 18.1. The number of nitrogens with one attached hydrogen (secondary N) is 2. The first-order valence-corrected chi connectivity index (χ1v) is 10.2. The van der Waals surface area contributed by atoms with E-state index in [2.05, 4.69) is 27.2 Å². The molecule has 0 saturated carbocycles. The number of sulfonamides is 1. The number of fused-ring (bicyclic) bond motifs is 2. The fourth-order valence-electron chi connectivity index (χ4n) is 3.41. The SMILES string of the molecule is O=C(NCC1NCCc2ccccc21)C1=CN2CCS(=O)(=O)N=C2C=C1. The van der Waals surface area contributed by atoms with E-state index in [1.54, 1.807) is 23.3 Å². The fourth-order valence-corrected chi connectivity index (χ4v) is 4.38. The van der Waals surface area contributed by atoms with Crippen LogP contribution in [-0.2, 0) is 21.2 Å². The molecular formula is C18H20N4O3S. The lowest BCUT2D eigenvalue weighted by Crippen LogP contribution is -2.41. The van der Waals surface area contributed by atoms with Gasteiger partial charge >= 0.3 is 0 Å². The Morgan fingerprint density at radius 1 is 1.31 bits per heavy atom. The number of rotatable bonds is 3. The van der Waals surface area contributed by atoms with Gasteiger partial charge in [-0.25, -0.2) is 8.42 Å². The molecule has 136 valence electrons. The van der Waals surface area contributed by atoms with E-state index >= 15 is 0 Å². The van der Waals surface area contributed by atoms with Gasteiger partial charge in [-0.2, -0.15) is 0 Å². The molecule has 7 nitrogen and oxygen atoms in total. The summed E-state index contributed by atoms with van der Waals surface area (Å²) in [5.41, 5.74) is 3.04. The summed E-state index contributed by atoms with van der Waals surface area (Å²) in [5, 5.41) is 6.41. The van der Waals surface area contributed by atoms with Gasteiger partial charge in [-0.3, -0.25) is 4.79 Å². The third-order valence-electron chi connectivity index (χ3n) is 4.77. The Hall–Kier alpha value is -2.45. The molecular weight excluding hydrogens is 352 g/mol. The number of amides is 1. The average molecular weight is 372 g/mol. The van der Waals surface area contributed by atoms with E-state index < -0.39 is 10.0 Å². The van der Waals surface area contributed by atoms with Gasteiger partial charge in [-0.1, -0.05) is 24.3 Å². The molecule has 0 aliphatic carbocycles. The van der Waals surface area contributed by atoms with Crippen LogP contribution in [0.4, 0.5) is 0 Å². The van der Waals surface area contributed by atoms with E-state index in [4.69, 9.17) is 0 Å². The number of hydrogen-bond acceptors (Lipinski definition) is 5. The molecule has 0 bridgehead atoms. The van der Waals surface area contributed by atoms with Crippen molar-refractivity contribution in [2.45, 2.75) is 12.5 Å². The first-order chi connectivity index (χ1) is 12.5. The van der Waals surface area contributed by atoms with Crippen LogP contribution < -0.4 is 10.6 Å². The minimum atomic E-state index is -3.39.